The third-order valence-corrected chi connectivity index (χ3v) is 6.54. The number of ether oxygens (including phenoxy) is 1. The van der Waals surface area contributed by atoms with E-state index in [9.17, 15) is 23.3 Å². The summed E-state index contributed by atoms with van der Waals surface area (Å²) in [4.78, 5) is 24.6. The summed E-state index contributed by atoms with van der Waals surface area (Å²) in [7, 11) is -4.01. The highest BCUT2D eigenvalue weighted by molar-refractivity contribution is 7.89. The SMILES string of the molecule is CC1=CN(S(=O)(=O)c2ccc([N+](=O)[O-])cc2)C[C@H](c2ccccc2)N1C(=O)OC(C)(C)C. The van der Waals surface area contributed by atoms with Gasteiger partial charge in [0.15, 0.2) is 0 Å². The lowest BCUT2D eigenvalue weighted by atomic mass is 10.0. The highest BCUT2D eigenvalue weighted by Gasteiger charge is 2.38. The van der Waals surface area contributed by atoms with Gasteiger partial charge < -0.3 is 4.74 Å². The fraction of sp³-hybridized carbons (Fsp3) is 0.318. The van der Waals surface area contributed by atoms with Crippen LogP contribution in [0, 0.1) is 10.1 Å². The predicted octanol–water partition coefficient (Wildman–Crippen LogP) is 4.44. The standard InChI is InChI=1S/C22H25N3O6S/c1-16-14-23(32(29,30)19-12-10-18(11-13-19)25(27)28)15-20(17-8-6-5-7-9-17)24(16)21(26)31-22(2,3)4/h5-14,20H,15H2,1-4H3/t20-/m1/s1. The van der Waals surface area contributed by atoms with Crippen LogP contribution in [0.5, 0.6) is 0 Å². The Labute approximate surface area is 187 Å². The maximum Gasteiger partial charge on any atom is 0.415 e. The van der Waals surface area contributed by atoms with E-state index in [1.54, 1.807) is 27.7 Å². The van der Waals surface area contributed by atoms with Crippen LogP contribution in [0.25, 0.3) is 0 Å². The van der Waals surface area contributed by atoms with Gasteiger partial charge in [-0.2, -0.15) is 0 Å². The normalized spacial score (nSPS) is 17.0. The zero-order valence-corrected chi connectivity index (χ0v) is 19.1. The van der Waals surface area contributed by atoms with Gasteiger partial charge in [0.2, 0.25) is 0 Å². The summed E-state index contributed by atoms with van der Waals surface area (Å²) in [6.07, 6.45) is 0.799. The molecular weight excluding hydrogens is 434 g/mol. The van der Waals surface area contributed by atoms with Crippen molar-refractivity contribution in [3.05, 3.63) is 82.2 Å². The summed E-state index contributed by atoms with van der Waals surface area (Å²) in [5.41, 5.74) is 0.215. The maximum absolute atomic E-state index is 13.3. The lowest BCUT2D eigenvalue weighted by Crippen LogP contribution is -2.46. The number of amides is 1. The van der Waals surface area contributed by atoms with Crippen LogP contribution in [-0.2, 0) is 14.8 Å². The highest BCUT2D eigenvalue weighted by atomic mass is 32.2. The Hall–Kier alpha value is -3.40. The first kappa shape index (κ1) is 23.3. The molecule has 170 valence electrons. The Morgan fingerprint density at radius 2 is 1.69 bits per heavy atom. The van der Waals surface area contributed by atoms with Gasteiger partial charge in [0, 0.05) is 24.0 Å². The average Bonchev–Trinajstić information content (AvgIpc) is 2.72. The van der Waals surface area contributed by atoms with Crippen molar-refractivity contribution in [1.82, 2.24) is 9.21 Å². The van der Waals surface area contributed by atoms with Gasteiger partial charge in [-0.25, -0.2) is 13.2 Å². The van der Waals surface area contributed by atoms with Crippen LogP contribution in [-0.4, -0.2) is 40.8 Å². The largest absolute Gasteiger partial charge is 0.443 e. The van der Waals surface area contributed by atoms with Crippen LogP contribution >= 0.6 is 0 Å². The molecule has 0 radical (unpaired) electrons. The summed E-state index contributed by atoms with van der Waals surface area (Å²) in [6.45, 7) is 6.88. The van der Waals surface area contributed by atoms with Gasteiger partial charge in [-0.05, 0) is 45.4 Å². The number of benzene rings is 2. The van der Waals surface area contributed by atoms with Crippen molar-refractivity contribution in [3.63, 3.8) is 0 Å². The van der Waals surface area contributed by atoms with E-state index in [1.165, 1.54) is 23.2 Å². The third kappa shape index (κ3) is 4.91. The molecule has 1 heterocycles. The highest BCUT2D eigenvalue weighted by Crippen LogP contribution is 2.34. The summed E-state index contributed by atoms with van der Waals surface area (Å²) < 4.78 is 33.3. The van der Waals surface area contributed by atoms with E-state index in [-0.39, 0.29) is 17.1 Å². The van der Waals surface area contributed by atoms with Gasteiger partial charge in [-0.15, -0.1) is 0 Å². The summed E-state index contributed by atoms with van der Waals surface area (Å²) in [5.74, 6) is 0. The van der Waals surface area contributed by atoms with Gasteiger partial charge >= 0.3 is 6.09 Å². The van der Waals surface area contributed by atoms with Crippen LogP contribution in [0.15, 0.2) is 71.4 Å². The fourth-order valence-corrected chi connectivity index (χ4v) is 4.76. The number of hydrogen-bond acceptors (Lipinski definition) is 6. The third-order valence-electron chi connectivity index (χ3n) is 4.80. The van der Waals surface area contributed by atoms with Crippen molar-refractivity contribution in [1.29, 1.82) is 0 Å². The summed E-state index contributed by atoms with van der Waals surface area (Å²) >= 11 is 0. The number of rotatable bonds is 4. The molecular formula is C22H25N3O6S. The van der Waals surface area contributed by atoms with Crippen LogP contribution in [0.2, 0.25) is 0 Å². The van der Waals surface area contributed by atoms with E-state index in [1.807, 2.05) is 30.3 Å². The Balaban J connectivity index is 2.02. The van der Waals surface area contributed by atoms with Crippen molar-refractivity contribution < 1.29 is 22.9 Å². The van der Waals surface area contributed by atoms with E-state index >= 15 is 0 Å². The number of hydrogen-bond donors (Lipinski definition) is 0. The van der Waals surface area contributed by atoms with Crippen molar-refractivity contribution in [2.45, 2.75) is 44.2 Å². The van der Waals surface area contributed by atoms with Crippen molar-refractivity contribution in [2.75, 3.05) is 6.54 Å². The minimum atomic E-state index is -4.01. The number of nitro groups is 1. The van der Waals surface area contributed by atoms with E-state index < -0.39 is 32.7 Å². The monoisotopic (exact) mass is 459 g/mol. The van der Waals surface area contributed by atoms with Crippen LogP contribution in [0.1, 0.15) is 39.3 Å². The van der Waals surface area contributed by atoms with E-state index in [0.29, 0.717) is 5.70 Å². The molecule has 1 amide bonds. The van der Waals surface area contributed by atoms with E-state index in [2.05, 4.69) is 0 Å². The number of nitro benzene ring substituents is 1. The predicted molar refractivity (Wildman–Crippen MR) is 118 cm³/mol. The second kappa shape index (κ2) is 8.62. The molecule has 0 unspecified atom stereocenters. The second-order valence-electron chi connectivity index (χ2n) is 8.37. The lowest BCUT2D eigenvalue weighted by Gasteiger charge is -2.40. The van der Waals surface area contributed by atoms with E-state index in [0.717, 1.165) is 22.0 Å². The molecule has 0 saturated heterocycles. The van der Waals surface area contributed by atoms with Gasteiger partial charge in [0.25, 0.3) is 15.7 Å². The Morgan fingerprint density at radius 3 is 2.22 bits per heavy atom. The zero-order chi connectivity index (χ0) is 23.7. The Bertz CT molecular complexity index is 1140. The Kier molecular flexibility index (Phi) is 6.27. The molecule has 3 rings (SSSR count). The molecule has 2 aromatic rings. The molecule has 0 saturated carbocycles. The number of non-ortho nitro benzene ring substituents is 1. The van der Waals surface area contributed by atoms with Gasteiger partial charge in [-0.1, -0.05) is 30.3 Å². The average molecular weight is 460 g/mol. The molecule has 0 N–H and O–H groups in total. The summed E-state index contributed by atoms with van der Waals surface area (Å²) in [5, 5.41) is 10.9. The van der Waals surface area contributed by atoms with Crippen molar-refractivity contribution in [2.24, 2.45) is 0 Å². The van der Waals surface area contributed by atoms with Gasteiger partial charge in [-0.3, -0.25) is 19.3 Å². The second-order valence-corrected chi connectivity index (χ2v) is 10.3. The van der Waals surface area contributed by atoms with Crippen molar-refractivity contribution in [3.8, 4) is 0 Å². The minimum Gasteiger partial charge on any atom is -0.443 e. The lowest BCUT2D eigenvalue weighted by molar-refractivity contribution is -0.384. The molecule has 9 nitrogen and oxygen atoms in total. The molecule has 0 fully saturated rings. The number of allylic oxidation sites excluding steroid dienone is 1. The minimum absolute atomic E-state index is 0.0417. The first-order valence-electron chi connectivity index (χ1n) is 9.92. The van der Waals surface area contributed by atoms with Crippen molar-refractivity contribution >= 4 is 21.8 Å². The fourth-order valence-electron chi connectivity index (χ4n) is 3.38. The molecule has 32 heavy (non-hydrogen) atoms. The van der Waals surface area contributed by atoms with Crippen LogP contribution < -0.4 is 0 Å². The van der Waals surface area contributed by atoms with Gasteiger partial charge in [0.05, 0.1) is 22.4 Å². The number of nitrogens with zero attached hydrogens (tertiary/aromatic N) is 3. The topological polar surface area (TPSA) is 110 Å². The first-order valence-corrected chi connectivity index (χ1v) is 11.4. The molecule has 2 aromatic carbocycles. The molecule has 1 aliphatic rings. The first-order chi connectivity index (χ1) is 14.9. The quantitative estimate of drug-likeness (QED) is 0.494. The number of sulfonamides is 1. The molecule has 10 heteroatoms. The summed E-state index contributed by atoms with van der Waals surface area (Å²) in [6, 6.07) is 13.2. The molecule has 0 aromatic heterocycles. The number of carbonyl (C=O) groups excluding carboxylic acids is 1. The smallest absolute Gasteiger partial charge is 0.415 e. The van der Waals surface area contributed by atoms with Gasteiger partial charge in [0.1, 0.15) is 5.60 Å². The maximum atomic E-state index is 13.3. The molecule has 0 aliphatic carbocycles. The molecule has 1 aliphatic heterocycles. The van der Waals surface area contributed by atoms with Crippen LogP contribution in [0.4, 0.5) is 10.5 Å². The zero-order valence-electron chi connectivity index (χ0n) is 18.3. The van der Waals surface area contributed by atoms with E-state index in [4.69, 9.17) is 4.74 Å². The Morgan fingerprint density at radius 1 is 1.09 bits per heavy atom. The number of carbonyl (C=O) groups is 1. The van der Waals surface area contributed by atoms with Crippen LogP contribution in [0.3, 0.4) is 0 Å². The molecule has 0 bridgehead atoms. The molecule has 0 spiro atoms. The molecule has 1 atom stereocenters.